The van der Waals surface area contributed by atoms with Crippen molar-refractivity contribution < 1.29 is 12.8 Å². The van der Waals surface area contributed by atoms with Gasteiger partial charge in [0.15, 0.2) is 0 Å². The molecule has 1 aromatic carbocycles. The normalized spacial score (nSPS) is 13.9. The van der Waals surface area contributed by atoms with Crippen LogP contribution in [0.25, 0.3) is 0 Å². The number of rotatable bonds is 3. The molecular weight excluding hydrogens is 205 g/mol. The molecule has 0 saturated carbocycles. The summed E-state index contributed by atoms with van der Waals surface area (Å²) >= 11 is 0. The number of benzene rings is 1. The van der Waals surface area contributed by atoms with Crippen LogP contribution in [0.1, 0.15) is 11.6 Å². The number of hydrogen-bond acceptors (Lipinski definition) is 3. The molecule has 1 atom stereocenters. The van der Waals surface area contributed by atoms with Crippen molar-refractivity contribution in [1.82, 2.24) is 0 Å². The van der Waals surface area contributed by atoms with Crippen LogP contribution >= 0.6 is 0 Å². The molecule has 14 heavy (non-hydrogen) atoms. The lowest BCUT2D eigenvalue weighted by molar-refractivity contribution is 0.592. The van der Waals surface area contributed by atoms with Gasteiger partial charge in [-0.05, 0) is 17.7 Å². The van der Waals surface area contributed by atoms with E-state index in [-0.39, 0.29) is 5.75 Å². The molecule has 3 nitrogen and oxygen atoms in total. The van der Waals surface area contributed by atoms with Crippen LogP contribution in [0.5, 0.6) is 0 Å². The van der Waals surface area contributed by atoms with E-state index in [1.165, 1.54) is 18.2 Å². The molecule has 0 amide bonds. The van der Waals surface area contributed by atoms with Crippen molar-refractivity contribution >= 4 is 9.84 Å². The van der Waals surface area contributed by atoms with E-state index in [9.17, 15) is 12.8 Å². The van der Waals surface area contributed by atoms with Crippen molar-refractivity contribution in [2.45, 2.75) is 6.04 Å². The molecule has 0 radical (unpaired) electrons. The van der Waals surface area contributed by atoms with Gasteiger partial charge in [0, 0.05) is 12.3 Å². The minimum atomic E-state index is -3.13. The molecule has 0 spiro atoms. The summed E-state index contributed by atoms with van der Waals surface area (Å²) in [7, 11) is -3.13. The molecular formula is C9H12FNO2S. The maximum Gasteiger partial charge on any atom is 0.149 e. The highest BCUT2D eigenvalue weighted by Crippen LogP contribution is 2.13. The summed E-state index contributed by atoms with van der Waals surface area (Å²) < 4.78 is 34.6. The van der Waals surface area contributed by atoms with Crippen molar-refractivity contribution in [1.29, 1.82) is 0 Å². The molecule has 0 saturated heterocycles. The fourth-order valence-corrected chi connectivity index (χ4v) is 2.00. The zero-order chi connectivity index (χ0) is 10.8. The molecule has 0 fully saturated rings. The second-order valence-electron chi connectivity index (χ2n) is 3.25. The van der Waals surface area contributed by atoms with Gasteiger partial charge in [0.25, 0.3) is 0 Å². The van der Waals surface area contributed by atoms with Gasteiger partial charge in [0.05, 0.1) is 5.75 Å². The second-order valence-corrected chi connectivity index (χ2v) is 5.44. The Morgan fingerprint density at radius 3 is 2.64 bits per heavy atom. The van der Waals surface area contributed by atoms with Gasteiger partial charge in [0.1, 0.15) is 15.7 Å². The Morgan fingerprint density at radius 1 is 1.50 bits per heavy atom. The highest BCUT2D eigenvalue weighted by atomic mass is 32.2. The van der Waals surface area contributed by atoms with E-state index in [4.69, 9.17) is 5.73 Å². The molecule has 0 heterocycles. The summed E-state index contributed by atoms with van der Waals surface area (Å²) in [5, 5.41) is 0. The number of sulfone groups is 1. The zero-order valence-electron chi connectivity index (χ0n) is 7.77. The summed E-state index contributed by atoms with van der Waals surface area (Å²) in [4.78, 5) is 0. The summed E-state index contributed by atoms with van der Waals surface area (Å²) in [6.45, 7) is 0. The van der Waals surface area contributed by atoms with Crippen LogP contribution in [-0.4, -0.2) is 20.4 Å². The Kier molecular flexibility index (Phi) is 3.23. The smallest absolute Gasteiger partial charge is 0.149 e. The fraction of sp³-hybridized carbons (Fsp3) is 0.333. The summed E-state index contributed by atoms with van der Waals surface area (Å²) in [6.07, 6.45) is 1.10. The third-order valence-corrected chi connectivity index (χ3v) is 2.72. The van der Waals surface area contributed by atoms with Crippen molar-refractivity contribution in [2.75, 3.05) is 12.0 Å². The number of halogens is 1. The highest BCUT2D eigenvalue weighted by molar-refractivity contribution is 7.90. The van der Waals surface area contributed by atoms with Gasteiger partial charge in [-0.3, -0.25) is 0 Å². The molecule has 1 rings (SSSR count). The molecule has 1 aromatic rings. The first kappa shape index (κ1) is 11.1. The predicted octanol–water partition coefficient (Wildman–Crippen LogP) is 0.870. The van der Waals surface area contributed by atoms with Gasteiger partial charge in [-0.1, -0.05) is 12.1 Å². The standard InChI is InChI=1S/C9H12FNO2S/c1-14(12,13)6-9(11)7-3-2-4-8(10)5-7/h2-5,9H,6,11H2,1H3/t9-/m0/s1. The first-order valence-corrected chi connectivity index (χ1v) is 6.13. The lowest BCUT2D eigenvalue weighted by Crippen LogP contribution is -2.20. The maximum absolute atomic E-state index is 12.8. The molecule has 78 valence electrons. The molecule has 0 aliphatic rings. The Hall–Kier alpha value is -0.940. The van der Waals surface area contributed by atoms with E-state index in [1.807, 2.05) is 0 Å². The average Bonchev–Trinajstić information content (AvgIpc) is 2.01. The van der Waals surface area contributed by atoms with Gasteiger partial charge in [-0.15, -0.1) is 0 Å². The quantitative estimate of drug-likeness (QED) is 0.817. The largest absolute Gasteiger partial charge is 0.323 e. The third kappa shape index (κ3) is 3.43. The topological polar surface area (TPSA) is 60.2 Å². The number of hydrogen-bond donors (Lipinski definition) is 1. The Bertz CT molecular complexity index is 417. The lowest BCUT2D eigenvalue weighted by atomic mass is 10.1. The molecule has 0 aliphatic carbocycles. The lowest BCUT2D eigenvalue weighted by Gasteiger charge is -2.10. The van der Waals surface area contributed by atoms with Crippen LogP contribution in [0.3, 0.4) is 0 Å². The first-order valence-electron chi connectivity index (χ1n) is 4.07. The van der Waals surface area contributed by atoms with Crippen LogP contribution < -0.4 is 5.73 Å². The average molecular weight is 217 g/mol. The van der Waals surface area contributed by atoms with Crippen LogP contribution in [-0.2, 0) is 9.84 Å². The van der Waals surface area contributed by atoms with E-state index in [0.29, 0.717) is 5.56 Å². The molecule has 0 aromatic heterocycles. The molecule has 2 N–H and O–H groups in total. The van der Waals surface area contributed by atoms with Crippen molar-refractivity contribution in [2.24, 2.45) is 5.73 Å². The van der Waals surface area contributed by atoms with Crippen LogP contribution in [0.15, 0.2) is 24.3 Å². The second kappa shape index (κ2) is 4.06. The van der Waals surface area contributed by atoms with Gasteiger partial charge >= 0.3 is 0 Å². The maximum atomic E-state index is 12.8. The summed E-state index contributed by atoms with van der Waals surface area (Å²) in [5.41, 5.74) is 6.10. The molecule has 5 heteroatoms. The van der Waals surface area contributed by atoms with E-state index >= 15 is 0 Å². The van der Waals surface area contributed by atoms with Gasteiger partial charge in [0.2, 0.25) is 0 Å². The monoisotopic (exact) mass is 217 g/mol. The molecule has 0 aliphatic heterocycles. The van der Waals surface area contributed by atoms with E-state index in [2.05, 4.69) is 0 Å². The van der Waals surface area contributed by atoms with Gasteiger partial charge < -0.3 is 5.73 Å². The Balaban J connectivity index is 2.85. The van der Waals surface area contributed by atoms with Crippen molar-refractivity contribution in [3.63, 3.8) is 0 Å². The number of nitrogens with two attached hydrogens (primary N) is 1. The van der Waals surface area contributed by atoms with E-state index in [0.717, 1.165) is 6.26 Å². The fourth-order valence-electron chi connectivity index (χ4n) is 1.16. The van der Waals surface area contributed by atoms with Crippen LogP contribution in [0.2, 0.25) is 0 Å². The van der Waals surface area contributed by atoms with E-state index in [1.54, 1.807) is 6.07 Å². The zero-order valence-corrected chi connectivity index (χ0v) is 8.59. The van der Waals surface area contributed by atoms with Gasteiger partial charge in [-0.25, -0.2) is 12.8 Å². The predicted molar refractivity (Wildman–Crippen MR) is 53.0 cm³/mol. The highest BCUT2D eigenvalue weighted by Gasteiger charge is 2.13. The Labute approximate surface area is 82.7 Å². The van der Waals surface area contributed by atoms with E-state index < -0.39 is 21.7 Å². The summed E-state index contributed by atoms with van der Waals surface area (Å²) in [6, 6.07) is 4.99. The first-order chi connectivity index (χ1) is 6.38. The van der Waals surface area contributed by atoms with Crippen molar-refractivity contribution in [3.8, 4) is 0 Å². The van der Waals surface area contributed by atoms with Crippen LogP contribution in [0.4, 0.5) is 4.39 Å². The molecule has 0 unspecified atom stereocenters. The summed E-state index contributed by atoms with van der Waals surface area (Å²) in [5.74, 6) is -0.581. The minimum absolute atomic E-state index is 0.170. The molecule has 0 bridgehead atoms. The Morgan fingerprint density at radius 2 is 2.14 bits per heavy atom. The minimum Gasteiger partial charge on any atom is -0.323 e. The van der Waals surface area contributed by atoms with Crippen molar-refractivity contribution in [3.05, 3.63) is 35.6 Å². The van der Waals surface area contributed by atoms with Crippen LogP contribution in [0, 0.1) is 5.82 Å². The van der Waals surface area contributed by atoms with Gasteiger partial charge in [-0.2, -0.15) is 0 Å². The SMILES string of the molecule is CS(=O)(=O)C[C@H](N)c1cccc(F)c1. The third-order valence-electron chi connectivity index (χ3n) is 1.76.